The van der Waals surface area contributed by atoms with Crippen LogP contribution in [0.25, 0.3) is 0 Å². The van der Waals surface area contributed by atoms with Crippen molar-refractivity contribution in [1.82, 2.24) is 5.32 Å². The van der Waals surface area contributed by atoms with Gasteiger partial charge in [-0.25, -0.2) is 4.39 Å². The fraction of sp³-hybridized carbons (Fsp3) is 0.455. The van der Waals surface area contributed by atoms with Gasteiger partial charge < -0.3 is 15.2 Å². The maximum atomic E-state index is 13.4. The lowest BCUT2D eigenvalue weighted by Gasteiger charge is -2.19. The van der Waals surface area contributed by atoms with Crippen LogP contribution in [-0.4, -0.2) is 25.4 Å². The molecule has 2 N–H and O–H groups in total. The molecule has 0 saturated carbocycles. The van der Waals surface area contributed by atoms with E-state index >= 15 is 0 Å². The quantitative estimate of drug-likeness (QED) is 0.796. The van der Waals surface area contributed by atoms with E-state index in [1.807, 2.05) is 0 Å². The van der Waals surface area contributed by atoms with Crippen molar-refractivity contribution in [2.24, 2.45) is 0 Å². The average Bonchev–Trinajstić information content (AvgIpc) is 2.18. The second-order valence-corrected chi connectivity index (χ2v) is 3.40. The predicted octanol–water partition coefficient (Wildman–Crippen LogP) is 1.48. The summed E-state index contributed by atoms with van der Waals surface area (Å²) in [6.07, 6.45) is -0.581. The highest BCUT2D eigenvalue weighted by Gasteiger charge is 2.16. The molecule has 2 atom stereocenters. The third-order valence-electron chi connectivity index (χ3n) is 2.33. The standard InChI is InChI=1S/C11H16FNO2/c1-7(14)11(13-2)8-4-5-10(15-3)9(12)6-8/h4-7,11,13-14H,1-3H3. The predicted molar refractivity (Wildman–Crippen MR) is 56.4 cm³/mol. The van der Waals surface area contributed by atoms with Gasteiger partial charge in [0.1, 0.15) is 0 Å². The van der Waals surface area contributed by atoms with Crippen LogP contribution in [0.3, 0.4) is 0 Å². The first-order valence-corrected chi connectivity index (χ1v) is 4.79. The van der Waals surface area contributed by atoms with Crippen molar-refractivity contribution in [3.63, 3.8) is 0 Å². The molecule has 3 nitrogen and oxygen atoms in total. The molecule has 2 unspecified atom stereocenters. The first-order chi connectivity index (χ1) is 7.10. The van der Waals surface area contributed by atoms with Crippen LogP contribution in [0, 0.1) is 5.82 Å². The molecular weight excluding hydrogens is 197 g/mol. The monoisotopic (exact) mass is 213 g/mol. The zero-order chi connectivity index (χ0) is 11.4. The molecule has 15 heavy (non-hydrogen) atoms. The van der Waals surface area contributed by atoms with Gasteiger partial charge in [0, 0.05) is 0 Å². The normalized spacial score (nSPS) is 14.7. The van der Waals surface area contributed by atoms with Crippen molar-refractivity contribution in [2.75, 3.05) is 14.2 Å². The molecule has 0 aliphatic rings. The summed E-state index contributed by atoms with van der Waals surface area (Å²) in [5, 5.41) is 12.4. The summed E-state index contributed by atoms with van der Waals surface area (Å²) in [5.41, 5.74) is 0.700. The van der Waals surface area contributed by atoms with Gasteiger partial charge in [-0.05, 0) is 31.7 Å². The number of hydrogen-bond acceptors (Lipinski definition) is 3. The first kappa shape index (κ1) is 11.9. The van der Waals surface area contributed by atoms with Gasteiger partial charge in [-0.15, -0.1) is 0 Å². The number of likely N-dealkylation sites (N-methyl/N-ethyl adjacent to an activating group) is 1. The smallest absolute Gasteiger partial charge is 0.165 e. The molecule has 4 heteroatoms. The maximum Gasteiger partial charge on any atom is 0.165 e. The third-order valence-corrected chi connectivity index (χ3v) is 2.33. The number of methoxy groups -OCH3 is 1. The molecule has 0 heterocycles. The number of aliphatic hydroxyl groups is 1. The van der Waals surface area contributed by atoms with E-state index in [4.69, 9.17) is 4.74 Å². The summed E-state index contributed by atoms with van der Waals surface area (Å²) in [6.45, 7) is 1.66. The lowest BCUT2D eigenvalue weighted by atomic mass is 10.0. The molecule has 0 aliphatic heterocycles. The van der Waals surface area contributed by atoms with Crippen molar-refractivity contribution in [3.05, 3.63) is 29.6 Å². The molecule has 0 radical (unpaired) electrons. The summed E-state index contributed by atoms with van der Waals surface area (Å²) in [6, 6.07) is 4.38. The average molecular weight is 213 g/mol. The molecule has 0 bridgehead atoms. The van der Waals surface area contributed by atoms with Crippen molar-refractivity contribution in [2.45, 2.75) is 19.1 Å². The van der Waals surface area contributed by atoms with Crippen LogP contribution in [0.2, 0.25) is 0 Å². The molecule has 0 fully saturated rings. The van der Waals surface area contributed by atoms with Gasteiger partial charge in [-0.2, -0.15) is 0 Å². The van der Waals surface area contributed by atoms with Crippen LogP contribution in [0.15, 0.2) is 18.2 Å². The second-order valence-electron chi connectivity index (χ2n) is 3.40. The summed E-state index contributed by atoms with van der Waals surface area (Å²) < 4.78 is 18.2. The number of benzene rings is 1. The fourth-order valence-electron chi connectivity index (χ4n) is 1.56. The Morgan fingerprint density at radius 1 is 1.47 bits per heavy atom. The number of aliphatic hydroxyl groups excluding tert-OH is 1. The lowest BCUT2D eigenvalue weighted by Crippen LogP contribution is -2.27. The first-order valence-electron chi connectivity index (χ1n) is 4.79. The molecule has 1 aromatic rings. The fourth-order valence-corrected chi connectivity index (χ4v) is 1.56. The summed E-state index contributed by atoms with van der Waals surface area (Å²) in [7, 11) is 3.14. The van der Waals surface area contributed by atoms with E-state index in [9.17, 15) is 9.50 Å². The van der Waals surface area contributed by atoms with Crippen LogP contribution < -0.4 is 10.1 Å². The highest BCUT2D eigenvalue weighted by Crippen LogP contribution is 2.23. The van der Waals surface area contributed by atoms with Crippen molar-refractivity contribution in [1.29, 1.82) is 0 Å². The van der Waals surface area contributed by atoms with Crippen molar-refractivity contribution in [3.8, 4) is 5.75 Å². The lowest BCUT2D eigenvalue weighted by molar-refractivity contribution is 0.149. The molecule has 1 aromatic carbocycles. The van der Waals surface area contributed by atoms with Gasteiger partial charge in [-0.3, -0.25) is 0 Å². The van der Waals surface area contributed by atoms with Crippen LogP contribution in [-0.2, 0) is 0 Å². The minimum atomic E-state index is -0.581. The minimum absolute atomic E-state index is 0.208. The van der Waals surface area contributed by atoms with E-state index in [0.717, 1.165) is 0 Å². The van der Waals surface area contributed by atoms with E-state index in [-0.39, 0.29) is 11.8 Å². The Labute approximate surface area is 88.9 Å². The van der Waals surface area contributed by atoms with Crippen LogP contribution >= 0.6 is 0 Å². The number of nitrogens with one attached hydrogen (secondary N) is 1. The highest BCUT2D eigenvalue weighted by atomic mass is 19.1. The number of rotatable bonds is 4. The third kappa shape index (κ3) is 2.67. The van der Waals surface area contributed by atoms with Crippen LogP contribution in [0.1, 0.15) is 18.5 Å². The van der Waals surface area contributed by atoms with Gasteiger partial charge in [0.15, 0.2) is 11.6 Å². The zero-order valence-electron chi connectivity index (χ0n) is 9.12. The Balaban J connectivity index is 3.00. The molecule has 0 aliphatic carbocycles. The summed E-state index contributed by atoms with van der Waals surface area (Å²) in [4.78, 5) is 0. The Kier molecular flexibility index (Phi) is 4.05. The van der Waals surface area contributed by atoms with Crippen LogP contribution in [0.5, 0.6) is 5.75 Å². The molecule has 0 spiro atoms. The largest absolute Gasteiger partial charge is 0.494 e. The van der Waals surface area contributed by atoms with Gasteiger partial charge in [0.25, 0.3) is 0 Å². The number of hydrogen-bond donors (Lipinski definition) is 2. The Morgan fingerprint density at radius 3 is 2.53 bits per heavy atom. The highest BCUT2D eigenvalue weighted by molar-refractivity contribution is 5.31. The number of halogens is 1. The molecule has 0 aromatic heterocycles. The Hall–Kier alpha value is -1.13. The minimum Gasteiger partial charge on any atom is -0.494 e. The molecule has 84 valence electrons. The van der Waals surface area contributed by atoms with E-state index in [1.165, 1.54) is 13.2 Å². The Bertz CT molecular complexity index is 328. The molecule has 0 saturated heterocycles. The Morgan fingerprint density at radius 2 is 2.13 bits per heavy atom. The van der Waals surface area contributed by atoms with Gasteiger partial charge >= 0.3 is 0 Å². The molecule has 0 amide bonds. The van der Waals surface area contributed by atoms with Gasteiger partial charge in [-0.1, -0.05) is 6.07 Å². The molecule has 1 rings (SSSR count). The van der Waals surface area contributed by atoms with Crippen molar-refractivity contribution >= 4 is 0 Å². The van der Waals surface area contributed by atoms with Gasteiger partial charge in [0.05, 0.1) is 19.3 Å². The second kappa shape index (κ2) is 5.09. The molecular formula is C11H16FNO2. The number of ether oxygens (including phenoxy) is 1. The van der Waals surface area contributed by atoms with E-state index in [0.29, 0.717) is 5.56 Å². The SMILES string of the molecule is CNC(c1ccc(OC)c(F)c1)C(C)O. The van der Waals surface area contributed by atoms with Crippen LogP contribution in [0.4, 0.5) is 4.39 Å². The summed E-state index contributed by atoms with van der Waals surface area (Å²) in [5.74, 6) is -0.213. The maximum absolute atomic E-state index is 13.4. The van der Waals surface area contributed by atoms with E-state index < -0.39 is 11.9 Å². The van der Waals surface area contributed by atoms with E-state index in [2.05, 4.69) is 5.32 Å². The zero-order valence-corrected chi connectivity index (χ0v) is 9.12. The topological polar surface area (TPSA) is 41.5 Å². The van der Waals surface area contributed by atoms with Gasteiger partial charge in [0.2, 0.25) is 0 Å². The van der Waals surface area contributed by atoms with Crippen molar-refractivity contribution < 1.29 is 14.2 Å². The van der Waals surface area contributed by atoms with E-state index in [1.54, 1.807) is 26.1 Å². The summed E-state index contributed by atoms with van der Waals surface area (Å²) >= 11 is 0.